The average molecular weight is 275 g/mol. The highest BCUT2D eigenvalue weighted by Gasteiger charge is 2.40. The van der Waals surface area contributed by atoms with Gasteiger partial charge in [0.05, 0.1) is 7.11 Å². The molecule has 1 atom stereocenters. The standard InChI is InChI=1S/C18H29NO/c1-13(2)12-18(9-5-6-10-18)17(19)16-8-7-15(20-4)11-14(16)3/h7-8,11,13,17H,5-6,9-10,12,19H2,1-4H3. The first-order valence-electron chi connectivity index (χ1n) is 7.88. The van der Waals surface area contributed by atoms with E-state index >= 15 is 0 Å². The zero-order chi connectivity index (χ0) is 14.8. The maximum Gasteiger partial charge on any atom is 0.119 e. The Morgan fingerprint density at radius 1 is 1.25 bits per heavy atom. The molecule has 0 saturated heterocycles. The molecule has 2 N–H and O–H groups in total. The van der Waals surface area contributed by atoms with Gasteiger partial charge in [0.15, 0.2) is 0 Å². The third-order valence-electron chi connectivity index (χ3n) is 4.89. The quantitative estimate of drug-likeness (QED) is 0.851. The fourth-order valence-electron chi connectivity index (χ4n) is 3.99. The maximum absolute atomic E-state index is 6.74. The van der Waals surface area contributed by atoms with E-state index in [1.165, 1.54) is 43.2 Å². The first-order valence-corrected chi connectivity index (χ1v) is 7.88. The van der Waals surface area contributed by atoms with Crippen molar-refractivity contribution in [2.75, 3.05) is 7.11 Å². The van der Waals surface area contributed by atoms with Crippen LogP contribution in [0.4, 0.5) is 0 Å². The van der Waals surface area contributed by atoms with Gasteiger partial charge < -0.3 is 10.5 Å². The van der Waals surface area contributed by atoms with Crippen LogP contribution in [0, 0.1) is 18.3 Å². The molecule has 2 nitrogen and oxygen atoms in total. The number of hydrogen-bond acceptors (Lipinski definition) is 2. The smallest absolute Gasteiger partial charge is 0.119 e. The lowest BCUT2D eigenvalue weighted by atomic mass is 9.70. The van der Waals surface area contributed by atoms with Crippen LogP contribution in [-0.4, -0.2) is 7.11 Å². The van der Waals surface area contributed by atoms with E-state index in [1.807, 2.05) is 6.07 Å². The molecule has 112 valence electrons. The Morgan fingerprint density at radius 3 is 2.40 bits per heavy atom. The summed E-state index contributed by atoms with van der Waals surface area (Å²) in [6.07, 6.45) is 6.44. The summed E-state index contributed by atoms with van der Waals surface area (Å²) in [7, 11) is 1.71. The topological polar surface area (TPSA) is 35.2 Å². The molecule has 0 amide bonds. The van der Waals surface area contributed by atoms with Crippen molar-refractivity contribution in [3.05, 3.63) is 29.3 Å². The summed E-state index contributed by atoms with van der Waals surface area (Å²) in [6.45, 7) is 6.77. The lowest BCUT2D eigenvalue weighted by Crippen LogP contribution is -2.34. The van der Waals surface area contributed by atoms with E-state index in [1.54, 1.807) is 7.11 Å². The number of hydrogen-bond donors (Lipinski definition) is 1. The predicted octanol–water partition coefficient (Wildman–Crippen LogP) is 4.61. The van der Waals surface area contributed by atoms with Crippen molar-refractivity contribution in [1.82, 2.24) is 0 Å². The number of benzene rings is 1. The summed E-state index contributed by atoms with van der Waals surface area (Å²) in [5.41, 5.74) is 9.59. The number of rotatable bonds is 5. The highest BCUT2D eigenvalue weighted by molar-refractivity contribution is 5.37. The van der Waals surface area contributed by atoms with Crippen LogP contribution in [0.2, 0.25) is 0 Å². The first kappa shape index (κ1) is 15.4. The molecule has 1 aromatic rings. The van der Waals surface area contributed by atoms with Crippen molar-refractivity contribution in [2.45, 2.75) is 58.9 Å². The molecule has 1 aliphatic carbocycles. The fraction of sp³-hybridized carbons (Fsp3) is 0.667. The molecule has 1 aromatic carbocycles. The van der Waals surface area contributed by atoms with Crippen LogP contribution in [0.5, 0.6) is 5.75 Å². The predicted molar refractivity (Wildman–Crippen MR) is 85.0 cm³/mol. The van der Waals surface area contributed by atoms with E-state index in [0.29, 0.717) is 11.3 Å². The van der Waals surface area contributed by atoms with Crippen LogP contribution >= 0.6 is 0 Å². The number of ether oxygens (including phenoxy) is 1. The van der Waals surface area contributed by atoms with Crippen molar-refractivity contribution in [1.29, 1.82) is 0 Å². The number of methoxy groups -OCH3 is 1. The van der Waals surface area contributed by atoms with E-state index in [2.05, 4.69) is 32.9 Å². The van der Waals surface area contributed by atoms with Crippen LogP contribution in [0.1, 0.15) is 63.1 Å². The minimum atomic E-state index is 0.151. The van der Waals surface area contributed by atoms with E-state index in [0.717, 1.165) is 5.75 Å². The summed E-state index contributed by atoms with van der Waals surface area (Å²) in [6, 6.07) is 6.46. The average Bonchev–Trinajstić information content (AvgIpc) is 2.86. The second-order valence-electron chi connectivity index (χ2n) is 6.87. The largest absolute Gasteiger partial charge is 0.497 e. The second kappa shape index (κ2) is 6.17. The van der Waals surface area contributed by atoms with Gasteiger partial charge in [0.1, 0.15) is 5.75 Å². The van der Waals surface area contributed by atoms with E-state index in [-0.39, 0.29) is 6.04 Å². The zero-order valence-electron chi connectivity index (χ0n) is 13.4. The molecule has 0 spiro atoms. The zero-order valence-corrected chi connectivity index (χ0v) is 13.4. The summed E-state index contributed by atoms with van der Waals surface area (Å²) in [4.78, 5) is 0. The van der Waals surface area contributed by atoms with Crippen LogP contribution < -0.4 is 10.5 Å². The lowest BCUT2D eigenvalue weighted by molar-refractivity contribution is 0.183. The Kier molecular flexibility index (Phi) is 4.74. The third kappa shape index (κ3) is 3.01. The summed E-state index contributed by atoms with van der Waals surface area (Å²) in [5, 5.41) is 0. The van der Waals surface area contributed by atoms with Crippen molar-refractivity contribution in [2.24, 2.45) is 17.1 Å². The van der Waals surface area contributed by atoms with Gasteiger partial charge in [-0.2, -0.15) is 0 Å². The number of nitrogens with two attached hydrogens (primary N) is 1. The van der Waals surface area contributed by atoms with Crippen LogP contribution in [-0.2, 0) is 0 Å². The van der Waals surface area contributed by atoms with Gasteiger partial charge >= 0.3 is 0 Å². The van der Waals surface area contributed by atoms with Crippen molar-refractivity contribution in [3.63, 3.8) is 0 Å². The van der Waals surface area contributed by atoms with E-state index in [4.69, 9.17) is 10.5 Å². The molecule has 0 heterocycles. The van der Waals surface area contributed by atoms with E-state index in [9.17, 15) is 0 Å². The Bertz CT molecular complexity index is 447. The Morgan fingerprint density at radius 2 is 1.90 bits per heavy atom. The normalized spacial score (nSPS) is 19.3. The highest BCUT2D eigenvalue weighted by atomic mass is 16.5. The molecule has 0 radical (unpaired) electrons. The maximum atomic E-state index is 6.74. The van der Waals surface area contributed by atoms with E-state index < -0.39 is 0 Å². The Hall–Kier alpha value is -1.02. The molecule has 1 saturated carbocycles. The van der Waals surface area contributed by atoms with Gasteiger partial charge in [-0.1, -0.05) is 32.8 Å². The molecule has 2 rings (SSSR count). The molecule has 20 heavy (non-hydrogen) atoms. The molecule has 0 bridgehead atoms. The van der Waals surface area contributed by atoms with Crippen LogP contribution in [0.25, 0.3) is 0 Å². The first-order chi connectivity index (χ1) is 9.48. The Labute approximate surface area is 123 Å². The molecule has 2 heteroatoms. The summed E-state index contributed by atoms with van der Waals surface area (Å²) < 4.78 is 5.30. The third-order valence-corrected chi connectivity index (χ3v) is 4.89. The van der Waals surface area contributed by atoms with Gasteiger partial charge in [-0.15, -0.1) is 0 Å². The molecule has 1 unspecified atom stereocenters. The molecular weight excluding hydrogens is 246 g/mol. The SMILES string of the molecule is COc1ccc(C(N)C2(CC(C)C)CCCC2)c(C)c1. The minimum Gasteiger partial charge on any atom is -0.497 e. The van der Waals surface area contributed by atoms with Gasteiger partial charge in [0, 0.05) is 6.04 Å². The van der Waals surface area contributed by atoms with Gasteiger partial charge in [-0.25, -0.2) is 0 Å². The highest BCUT2D eigenvalue weighted by Crippen LogP contribution is 2.51. The van der Waals surface area contributed by atoms with Crippen LogP contribution in [0.15, 0.2) is 18.2 Å². The second-order valence-corrected chi connectivity index (χ2v) is 6.87. The van der Waals surface area contributed by atoms with Crippen molar-refractivity contribution >= 4 is 0 Å². The van der Waals surface area contributed by atoms with Crippen molar-refractivity contribution < 1.29 is 4.74 Å². The van der Waals surface area contributed by atoms with Gasteiger partial charge in [0.2, 0.25) is 0 Å². The molecular formula is C18H29NO. The Balaban J connectivity index is 2.30. The number of aryl methyl sites for hydroxylation is 1. The van der Waals surface area contributed by atoms with Gasteiger partial charge in [-0.3, -0.25) is 0 Å². The van der Waals surface area contributed by atoms with Crippen LogP contribution in [0.3, 0.4) is 0 Å². The fourth-order valence-corrected chi connectivity index (χ4v) is 3.99. The molecule has 0 aliphatic heterocycles. The monoisotopic (exact) mass is 275 g/mol. The summed E-state index contributed by atoms with van der Waals surface area (Å²) >= 11 is 0. The lowest BCUT2D eigenvalue weighted by Gasteiger charge is -2.38. The molecule has 0 aromatic heterocycles. The van der Waals surface area contributed by atoms with Gasteiger partial charge in [-0.05, 0) is 60.8 Å². The minimum absolute atomic E-state index is 0.151. The molecule has 1 aliphatic rings. The van der Waals surface area contributed by atoms with Gasteiger partial charge in [0.25, 0.3) is 0 Å². The molecule has 1 fully saturated rings. The van der Waals surface area contributed by atoms with Crippen molar-refractivity contribution in [3.8, 4) is 5.75 Å². The summed E-state index contributed by atoms with van der Waals surface area (Å²) in [5.74, 6) is 1.63.